The van der Waals surface area contributed by atoms with Gasteiger partial charge in [0.2, 0.25) is 11.2 Å². The molecule has 0 amide bonds. The fraction of sp³-hybridized carbons (Fsp3) is 0.182. The number of aryl methyl sites for hydroxylation is 3. The summed E-state index contributed by atoms with van der Waals surface area (Å²) < 4.78 is 22.8. The average molecular weight is 505 g/mol. The number of rotatable bonds is 3. The van der Waals surface area contributed by atoms with E-state index in [4.69, 9.17) is 4.42 Å². The molecule has 0 saturated carbocycles. The summed E-state index contributed by atoms with van der Waals surface area (Å²) in [5.41, 5.74) is 8.43. The Morgan fingerprint density at radius 2 is 1.54 bits per heavy atom. The zero-order chi connectivity index (χ0) is 26.1. The Hall–Kier alpha value is -3.76. The highest BCUT2D eigenvalue weighted by molar-refractivity contribution is 7.01. The lowest BCUT2D eigenvalue weighted by Gasteiger charge is -2.25. The lowest BCUT2D eigenvalue weighted by Crippen LogP contribution is -2.54. The molecule has 0 bridgehead atoms. The molecule has 0 atom stereocenters. The highest BCUT2D eigenvalue weighted by atomic mass is 28.3. The molecule has 0 unspecified atom stereocenters. The molecule has 0 spiro atoms. The molecule has 4 heteroatoms. The monoisotopic (exact) mass is 504 g/mol. The van der Waals surface area contributed by atoms with Crippen molar-refractivity contribution in [2.24, 2.45) is 7.05 Å². The summed E-state index contributed by atoms with van der Waals surface area (Å²) in [7, 11) is 0.0813. The lowest BCUT2D eigenvalue weighted by molar-refractivity contribution is -0.633. The molecular formula is C33H31FNOSi+. The molecule has 2 nitrogen and oxygen atoms in total. The van der Waals surface area contributed by atoms with Crippen molar-refractivity contribution in [1.29, 1.82) is 0 Å². The predicted molar refractivity (Wildman–Crippen MR) is 155 cm³/mol. The molecule has 2 heterocycles. The van der Waals surface area contributed by atoms with Gasteiger partial charge in [-0.25, -0.2) is 4.39 Å². The highest BCUT2D eigenvalue weighted by Gasteiger charge is 2.33. The Bertz CT molecular complexity index is 1850. The van der Waals surface area contributed by atoms with Crippen LogP contribution in [-0.2, 0) is 7.05 Å². The Morgan fingerprint density at radius 1 is 0.784 bits per heavy atom. The van der Waals surface area contributed by atoms with E-state index in [0.717, 1.165) is 27.6 Å². The predicted octanol–water partition coefficient (Wildman–Crippen LogP) is 7.12. The molecule has 0 aliphatic rings. The fourth-order valence-electron chi connectivity index (χ4n) is 5.79. The van der Waals surface area contributed by atoms with Gasteiger partial charge in [-0.05, 0) is 61.4 Å². The molecule has 6 aromatic rings. The van der Waals surface area contributed by atoms with Gasteiger partial charge in [0.05, 0.1) is 5.56 Å². The van der Waals surface area contributed by atoms with Gasteiger partial charge in [0.1, 0.15) is 32.1 Å². The van der Waals surface area contributed by atoms with Gasteiger partial charge >= 0.3 is 0 Å². The standard InChI is InChI=1S/C33H31FNOSi/c1-20-12-15-28-27(16-20)31(37(5,6)24-10-8-7-9-11-24)19-29(35(28)4)32-22(3)21(2)17-26-25-14-13-23(34)18-30(25)36-33(26)32/h7-19H,1-6H3/q+1. The van der Waals surface area contributed by atoms with E-state index in [-0.39, 0.29) is 5.82 Å². The first-order valence-electron chi connectivity index (χ1n) is 12.8. The molecule has 0 aliphatic heterocycles. The third-order valence-electron chi connectivity index (χ3n) is 8.12. The van der Waals surface area contributed by atoms with Crippen LogP contribution in [0.2, 0.25) is 13.1 Å². The number of hydrogen-bond acceptors (Lipinski definition) is 1. The van der Waals surface area contributed by atoms with Crippen molar-refractivity contribution >= 4 is 51.3 Å². The number of furan rings is 1. The van der Waals surface area contributed by atoms with Gasteiger partial charge in [-0.3, -0.25) is 0 Å². The molecular weight excluding hydrogens is 473 g/mol. The van der Waals surface area contributed by atoms with Gasteiger partial charge in [-0.1, -0.05) is 60.2 Å². The van der Waals surface area contributed by atoms with Crippen LogP contribution in [0.3, 0.4) is 0 Å². The maximum Gasteiger partial charge on any atom is 0.216 e. The van der Waals surface area contributed by atoms with Gasteiger partial charge in [0.25, 0.3) is 0 Å². The van der Waals surface area contributed by atoms with E-state index in [1.165, 1.54) is 50.1 Å². The van der Waals surface area contributed by atoms with Crippen LogP contribution >= 0.6 is 0 Å². The van der Waals surface area contributed by atoms with Gasteiger partial charge in [-0.15, -0.1) is 0 Å². The smallest absolute Gasteiger partial charge is 0.216 e. The van der Waals surface area contributed by atoms with Crippen LogP contribution in [0, 0.1) is 26.6 Å². The SMILES string of the molecule is Cc1ccc2c(c1)c([Si](C)(C)c1ccccc1)cc(-c1c(C)c(C)cc3c1oc1cc(F)ccc13)[n+]2C. The fourth-order valence-corrected chi connectivity index (χ4v) is 8.49. The largest absolute Gasteiger partial charge is 0.455 e. The van der Waals surface area contributed by atoms with Crippen molar-refractivity contribution in [2.75, 3.05) is 0 Å². The van der Waals surface area contributed by atoms with Crippen molar-refractivity contribution < 1.29 is 13.4 Å². The van der Waals surface area contributed by atoms with Crippen molar-refractivity contribution in [3.05, 3.63) is 101 Å². The molecule has 184 valence electrons. The third kappa shape index (κ3) is 3.62. The van der Waals surface area contributed by atoms with Crippen molar-refractivity contribution in [2.45, 2.75) is 33.9 Å². The zero-order valence-electron chi connectivity index (χ0n) is 22.2. The van der Waals surface area contributed by atoms with E-state index >= 15 is 0 Å². The van der Waals surface area contributed by atoms with Gasteiger partial charge < -0.3 is 4.42 Å². The minimum absolute atomic E-state index is 0.286. The number of pyridine rings is 1. The van der Waals surface area contributed by atoms with Crippen LogP contribution in [0.15, 0.2) is 83.3 Å². The van der Waals surface area contributed by atoms with Gasteiger partial charge in [0, 0.05) is 34.4 Å². The second kappa shape index (κ2) is 8.39. The summed E-state index contributed by atoms with van der Waals surface area (Å²) in [5, 5.41) is 6.09. The minimum atomic E-state index is -2.06. The molecule has 6 rings (SSSR count). The number of halogens is 1. The molecule has 4 aromatic carbocycles. The first-order chi connectivity index (χ1) is 17.7. The summed E-state index contributed by atoms with van der Waals surface area (Å²) in [4.78, 5) is 0. The molecule has 37 heavy (non-hydrogen) atoms. The van der Waals surface area contributed by atoms with Crippen LogP contribution in [0.4, 0.5) is 4.39 Å². The summed E-state index contributed by atoms with van der Waals surface area (Å²) in [5.74, 6) is -0.286. The molecule has 2 aromatic heterocycles. The molecule has 0 radical (unpaired) electrons. The molecule has 0 fully saturated rings. The first-order valence-corrected chi connectivity index (χ1v) is 15.8. The van der Waals surface area contributed by atoms with E-state index in [2.05, 4.69) is 106 Å². The Balaban J connectivity index is 1.76. The Morgan fingerprint density at radius 3 is 2.30 bits per heavy atom. The first kappa shape index (κ1) is 23.6. The summed E-state index contributed by atoms with van der Waals surface area (Å²) in [6, 6.07) is 27.1. The lowest BCUT2D eigenvalue weighted by atomic mass is 9.95. The van der Waals surface area contributed by atoms with E-state index in [0.29, 0.717) is 5.58 Å². The van der Waals surface area contributed by atoms with Crippen LogP contribution in [0.5, 0.6) is 0 Å². The van der Waals surface area contributed by atoms with E-state index in [1.54, 1.807) is 0 Å². The van der Waals surface area contributed by atoms with Crippen molar-refractivity contribution in [1.82, 2.24) is 0 Å². The zero-order valence-corrected chi connectivity index (χ0v) is 23.2. The third-order valence-corrected chi connectivity index (χ3v) is 11.7. The highest BCUT2D eigenvalue weighted by Crippen LogP contribution is 2.39. The van der Waals surface area contributed by atoms with Crippen LogP contribution in [0.25, 0.3) is 44.1 Å². The number of fused-ring (bicyclic) bond motifs is 4. The van der Waals surface area contributed by atoms with Crippen LogP contribution in [0.1, 0.15) is 16.7 Å². The number of hydrogen-bond donors (Lipinski definition) is 0. The molecule has 0 saturated heterocycles. The van der Waals surface area contributed by atoms with Crippen LogP contribution < -0.4 is 14.9 Å². The summed E-state index contributed by atoms with van der Waals surface area (Å²) in [6.45, 7) is 11.3. The topological polar surface area (TPSA) is 17.0 Å². The second-order valence-electron chi connectivity index (χ2n) is 10.8. The van der Waals surface area contributed by atoms with E-state index < -0.39 is 8.07 Å². The van der Waals surface area contributed by atoms with Crippen molar-refractivity contribution in [3.8, 4) is 11.3 Å². The number of aromatic nitrogens is 1. The average Bonchev–Trinajstić information content (AvgIpc) is 3.22. The normalized spacial score (nSPS) is 12.2. The quantitative estimate of drug-likeness (QED) is 0.185. The Labute approximate surface area is 218 Å². The maximum atomic E-state index is 14.1. The van der Waals surface area contributed by atoms with Gasteiger partial charge in [0.15, 0.2) is 0 Å². The number of benzene rings is 4. The van der Waals surface area contributed by atoms with Crippen molar-refractivity contribution in [3.63, 3.8) is 0 Å². The summed E-state index contributed by atoms with van der Waals surface area (Å²) in [6.07, 6.45) is 0. The molecule has 0 aliphatic carbocycles. The molecule has 0 N–H and O–H groups in total. The van der Waals surface area contributed by atoms with E-state index in [9.17, 15) is 4.39 Å². The summed E-state index contributed by atoms with van der Waals surface area (Å²) >= 11 is 0. The second-order valence-corrected chi connectivity index (χ2v) is 15.2. The van der Waals surface area contributed by atoms with Crippen LogP contribution in [-0.4, -0.2) is 8.07 Å². The maximum absolute atomic E-state index is 14.1. The van der Waals surface area contributed by atoms with E-state index in [1.807, 2.05) is 6.07 Å². The number of nitrogens with zero attached hydrogens (tertiary/aromatic N) is 1. The van der Waals surface area contributed by atoms with Gasteiger partial charge in [-0.2, -0.15) is 4.57 Å². The Kier molecular flexibility index (Phi) is 5.36. The minimum Gasteiger partial charge on any atom is -0.455 e.